The fourth-order valence-electron chi connectivity index (χ4n) is 4.16. The van der Waals surface area contributed by atoms with Crippen molar-refractivity contribution in [2.24, 2.45) is 5.10 Å². The molecule has 2 aliphatic rings. The zero-order valence-electron chi connectivity index (χ0n) is 16.7. The van der Waals surface area contributed by atoms with E-state index < -0.39 is 0 Å². The molecule has 0 atom stereocenters. The highest BCUT2D eigenvalue weighted by Crippen LogP contribution is 2.13. The van der Waals surface area contributed by atoms with Crippen LogP contribution in [-0.2, 0) is 11.3 Å². The summed E-state index contributed by atoms with van der Waals surface area (Å²) in [6.45, 7) is 8.89. The number of benzene rings is 2. The van der Waals surface area contributed by atoms with Crippen LogP contribution in [0, 0.1) is 6.92 Å². The van der Waals surface area contributed by atoms with E-state index in [0.29, 0.717) is 13.1 Å². The third-order valence-electron chi connectivity index (χ3n) is 5.96. The molecule has 5 nitrogen and oxygen atoms in total. The zero-order chi connectivity index (χ0) is 19.3. The number of piperazine rings is 1. The number of nitrogens with one attached hydrogen (secondary N) is 2. The molecule has 0 unspecified atom stereocenters. The monoisotopic (exact) mass is 378 g/mol. The van der Waals surface area contributed by atoms with E-state index in [4.69, 9.17) is 0 Å². The van der Waals surface area contributed by atoms with Gasteiger partial charge in [0, 0.05) is 12.0 Å². The maximum atomic E-state index is 12.7. The molecule has 2 aliphatic heterocycles. The van der Waals surface area contributed by atoms with Gasteiger partial charge in [-0.15, -0.1) is 0 Å². The molecule has 1 amide bonds. The van der Waals surface area contributed by atoms with Crippen LogP contribution in [0.1, 0.15) is 23.1 Å². The van der Waals surface area contributed by atoms with Crippen molar-refractivity contribution < 1.29 is 14.6 Å². The first-order chi connectivity index (χ1) is 13.7. The van der Waals surface area contributed by atoms with E-state index in [-0.39, 0.29) is 5.91 Å². The Morgan fingerprint density at radius 3 is 2.39 bits per heavy atom. The lowest BCUT2D eigenvalue weighted by atomic mass is 10.1. The fraction of sp³-hybridized carbons (Fsp3) is 0.391. The van der Waals surface area contributed by atoms with Crippen LogP contribution in [0.4, 0.5) is 0 Å². The molecular formula is C23H30N4O+2. The van der Waals surface area contributed by atoms with Crippen molar-refractivity contribution in [1.82, 2.24) is 5.01 Å². The average Bonchev–Trinajstić information content (AvgIpc) is 3.22. The number of hydrazone groups is 1. The highest BCUT2D eigenvalue weighted by atomic mass is 16.2. The van der Waals surface area contributed by atoms with Crippen LogP contribution in [0.15, 0.2) is 59.7 Å². The molecule has 2 aromatic rings. The Kier molecular flexibility index (Phi) is 5.84. The van der Waals surface area contributed by atoms with Gasteiger partial charge in [0.05, 0.1) is 12.3 Å². The van der Waals surface area contributed by atoms with Gasteiger partial charge in [-0.1, -0.05) is 54.6 Å². The Balaban J connectivity index is 1.26. The smallest absolute Gasteiger partial charge is 0.297 e. The SMILES string of the molecule is Cc1ccccc1C[NH+]1CC[NH+](CC(=O)N2CCC(c3ccccc3)=N2)CC1. The molecule has 0 bridgehead atoms. The molecule has 0 saturated carbocycles. The Morgan fingerprint density at radius 2 is 1.64 bits per heavy atom. The molecule has 2 heterocycles. The first kappa shape index (κ1) is 18.8. The normalized spacial score (nSPS) is 22.2. The van der Waals surface area contributed by atoms with Gasteiger partial charge in [-0.2, -0.15) is 5.10 Å². The highest BCUT2D eigenvalue weighted by molar-refractivity contribution is 6.02. The summed E-state index contributed by atoms with van der Waals surface area (Å²) in [5, 5.41) is 6.27. The zero-order valence-corrected chi connectivity index (χ0v) is 16.7. The molecule has 0 aliphatic carbocycles. The molecule has 2 N–H and O–H groups in total. The molecule has 0 aromatic heterocycles. The number of amides is 1. The van der Waals surface area contributed by atoms with Crippen LogP contribution in [0.2, 0.25) is 0 Å². The standard InChI is InChI=1S/C23H28N4O/c1-19-7-5-6-10-21(19)17-25-13-15-26(16-14-25)18-23(28)27-12-11-22(24-27)20-8-3-2-4-9-20/h2-10H,11-18H2,1H3/p+2. The molecule has 146 valence electrons. The molecule has 5 heteroatoms. The number of aryl methyl sites for hydroxylation is 1. The second-order valence-electron chi connectivity index (χ2n) is 7.96. The number of hydrogen-bond acceptors (Lipinski definition) is 2. The summed E-state index contributed by atoms with van der Waals surface area (Å²) < 4.78 is 0. The van der Waals surface area contributed by atoms with Gasteiger partial charge in [0.1, 0.15) is 32.7 Å². The van der Waals surface area contributed by atoms with Gasteiger partial charge in [-0.3, -0.25) is 4.79 Å². The van der Waals surface area contributed by atoms with Crippen LogP contribution in [0.25, 0.3) is 0 Å². The molecule has 1 fully saturated rings. The molecule has 1 saturated heterocycles. The van der Waals surface area contributed by atoms with Gasteiger partial charge in [0.2, 0.25) is 0 Å². The maximum Gasteiger partial charge on any atom is 0.297 e. The summed E-state index contributed by atoms with van der Waals surface area (Å²) in [4.78, 5) is 15.7. The minimum Gasteiger partial charge on any atom is -0.322 e. The maximum absolute atomic E-state index is 12.7. The van der Waals surface area contributed by atoms with Crippen molar-refractivity contribution in [3.8, 4) is 0 Å². The summed E-state index contributed by atoms with van der Waals surface area (Å²) in [6.07, 6.45) is 0.847. The highest BCUT2D eigenvalue weighted by Gasteiger charge is 2.29. The first-order valence-corrected chi connectivity index (χ1v) is 10.3. The minimum atomic E-state index is 0.156. The van der Waals surface area contributed by atoms with Crippen molar-refractivity contribution in [2.45, 2.75) is 19.9 Å². The van der Waals surface area contributed by atoms with E-state index in [1.165, 1.54) is 16.0 Å². The molecule has 28 heavy (non-hydrogen) atoms. The van der Waals surface area contributed by atoms with Gasteiger partial charge >= 0.3 is 0 Å². The van der Waals surface area contributed by atoms with Gasteiger partial charge in [0.15, 0.2) is 6.54 Å². The Bertz CT molecular complexity index is 841. The lowest BCUT2D eigenvalue weighted by molar-refractivity contribution is -1.02. The first-order valence-electron chi connectivity index (χ1n) is 10.3. The van der Waals surface area contributed by atoms with E-state index in [1.54, 1.807) is 9.91 Å². The van der Waals surface area contributed by atoms with E-state index in [1.807, 2.05) is 18.2 Å². The molecular weight excluding hydrogens is 348 g/mol. The predicted octanol–water partition coefficient (Wildman–Crippen LogP) is -0.0850. The van der Waals surface area contributed by atoms with Crippen molar-refractivity contribution in [3.63, 3.8) is 0 Å². The van der Waals surface area contributed by atoms with Crippen molar-refractivity contribution >= 4 is 11.6 Å². The van der Waals surface area contributed by atoms with E-state index in [2.05, 4.69) is 48.4 Å². The third-order valence-corrected chi connectivity index (χ3v) is 5.96. The molecule has 2 aromatic carbocycles. The minimum absolute atomic E-state index is 0.156. The van der Waals surface area contributed by atoms with E-state index >= 15 is 0 Å². The van der Waals surface area contributed by atoms with Crippen LogP contribution in [0.5, 0.6) is 0 Å². The van der Waals surface area contributed by atoms with Crippen LogP contribution in [-0.4, -0.2) is 55.9 Å². The second-order valence-corrected chi connectivity index (χ2v) is 7.96. The molecule has 4 rings (SSSR count). The summed E-state index contributed by atoms with van der Waals surface area (Å²) in [5.41, 5.74) is 4.97. The average molecular weight is 379 g/mol. The van der Waals surface area contributed by atoms with Crippen LogP contribution < -0.4 is 9.80 Å². The summed E-state index contributed by atoms with van der Waals surface area (Å²) in [7, 11) is 0. The van der Waals surface area contributed by atoms with Crippen molar-refractivity contribution in [3.05, 3.63) is 71.3 Å². The number of carbonyl (C=O) groups excluding carboxylic acids is 1. The quantitative estimate of drug-likeness (QED) is 0.751. The van der Waals surface area contributed by atoms with Crippen molar-refractivity contribution in [2.75, 3.05) is 39.3 Å². The van der Waals surface area contributed by atoms with Gasteiger partial charge in [-0.05, 0) is 18.1 Å². The number of hydrogen-bond donors (Lipinski definition) is 2. The summed E-state index contributed by atoms with van der Waals surface area (Å²) in [6, 6.07) is 18.8. The topological polar surface area (TPSA) is 41.6 Å². The van der Waals surface area contributed by atoms with E-state index in [9.17, 15) is 4.79 Å². The Morgan fingerprint density at radius 1 is 0.964 bits per heavy atom. The predicted molar refractivity (Wildman–Crippen MR) is 110 cm³/mol. The van der Waals surface area contributed by atoms with Crippen LogP contribution in [0.3, 0.4) is 0 Å². The number of quaternary nitrogens is 2. The van der Waals surface area contributed by atoms with Gasteiger partial charge in [0.25, 0.3) is 5.91 Å². The molecule has 0 spiro atoms. The molecule has 0 radical (unpaired) electrons. The third kappa shape index (κ3) is 4.49. The number of carbonyl (C=O) groups is 1. The lowest BCUT2D eigenvalue weighted by Crippen LogP contribution is -3.28. The van der Waals surface area contributed by atoms with Gasteiger partial charge < -0.3 is 9.80 Å². The van der Waals surface area contributed by atoms with Crippen molar-refractivity contribution in [1.29, 1.82) is 0 Å². The second kappa shape index (κ2) is 8.67. The van der Waals surface area contributed by atoms with Gasteiger partial charge in [-0.25, -0.2) is 5.01 Å². The fourth-order valence-corrected chi connectivity index (χ4v) is 4.16. The summed E-state index contributed by atoms with van der Waals surface area (Å²) >= 11 is 0. The summed E-state index contributed by atoms with van der Waals surface area (Å²) in [5.74, 6) is 0.156. The lowest BCUT2D eigenvalue weighted by Gasteiger charge is -2.30. The van der Waals surface area contributed by atoms with E-state index in [0.717, 1.165) is 50.4 Å². The Labute approximate surface area is 167 Å². The number of rotatable bonds is 5. The number of nitrogens with zero attached hydrogens (tertiary/aromatic N) is 2. The Hall–Kier alpha value is -2.50. The largest absolute Gasteiger partial charge is 0.322 e. The van der Waals surface area contributed by atoms with Crippen LogP contribution >= 0.6 is 0 Å².